The molecule has 0 aromatic heterocycles. The van der Waals surface area contributed by atoms with Crippen molar-refractivity contribution in [3.8, 4) is 0 Å². The van der Waals surface area contributed by atoms with E-state index in [0.717, 1.165) is 0 Å². The Kier molecular flexibility index (Phi) is 2.02. The Morgan fingerprint density at radius 1 is 1.57 bits per heavy atom. The van der Waals surface area contributed by atoms with E-state index < -0.39 is 11.9 Å². The van der Waals surface area contributed by atoms with Gasteiger partial charge in [-0.1, -0.05) is 19.1 Å². The second kappa shape index (κ2) is 3.08. The van der Waals surface area contributed by atoms with Crippen LogP contribution in [0.4, 0.5) is 4.39 Å². The molecule has 2 atom stereocenters. The molecule has 0 saturated carbocycles. The molecular weight excluding hydrogens is 183 g/mol. The van der Waals surface area contributed by atoms with Crippen molar-refractivity contribution in [2.45, 2.75) is 19.3 Å². The summed E-state index contributed by atoms with van der Waals surface area (Å²) in [6, 6.07) is 4.67. The van der Waals surface area contributed by atoms with Crippen molar-refractivity contribution in [3.05, 3.63) is 35.1 Å². The summed E-state index contributed by atoms with van der Waals surface area (Å²) in [6.07, 6.45) is 0.527. The minimum absolute atomic E-state index is 0.0144. The third-order valence-corrected chi connectivity index (χ3v) is 2.85. The van der Waals surface area contributed by atoms with Gasteiger partial charge in [-0.25, -0.2) is 4.39 Å². The predicted octanol–water partition coefficient (Wildman–Crippen LogP) is 2.19. The number of carboxylic acids is 1. The van der Waals surface area contributed by atoms with Crippen molar-refractivity contribution in [3.63, 3.8) is 0 Å². The molecular formula is C11H11FO2. The fourth-order valence-corrected chi connectivity index (χ4v) is 2.20. The Morgan fingerprint density at radius 2 is 2.29 bits per heavy atom. The fourth-order valence-electron chi connectivity index (χ4n) is 2.20. The lowest BCUT2D eigenvalue weighted by molar-refractivity contribution is -0.139. The van der Waals surface area contributed by atoms with E-state index in [2.05, 4.69) is 0 Å². The van der Waals surface area contributed by atoms with E-state index in [0.29, 0.717) is 17.5 Å². The number of halogens is 1. The second-order valence-electron chi connectivity index (χ2n) is 3.80. The molecule has 0 saturated heterocycles. The Hall–Kier alpha value is -1.38. The molecule has 0 heterocycles. The van der Waals surface area contributed by atoms with Crippen LogP contribution in [0.25, 0.3) is 0 Å². The van der Waals surface area contributed by atoms with Gasteiger partial charge in [0.05, 0.1) is 5.92 Å². The summed E-state index contributed by atoms with van der Waals surface area (Å²) in [5.74, 6) is -1.69. The van der Waals surface area contributed by atoms with Crippen LogP contribution in [0.15, 0.2) is 18.2 Å². The molecule has 3 heteroatoms. The van der Waals surface area contributed by atoms with Crippen LogP contribution in [0.2, 0.25) is 0 Å². The minimum Gasteiger partial charge on any atom is -0.481 e. The maximum Gasteiger partial charge on any atom is 0.311 e. The number of rotatable bonds is 1. The Balaban J connectivity index is 2.53. The van der Waals surface area contributed by atoms with Gasteiger partial charge in [0.2, 0.25) is 0 Å². The number of benzene rings is 1. The lowest BCUT2D eigenvalue weighted by Gasteiger charge is -2.10. The van der Waals surface area contributed by atoms with Gasteiger partial charge < -0.3 is 5.11 Å². The zero-order valence-corrected chi connectivity index (χ0v) is 7.83. The molecule has 74 valence electrons. The summed E-state index contributed by atoms with van der Waals surface area (Å²) in [6.45, 7) is 1.85. The molecule has 0 radical (unpaired) electrons. The Bertz CT molecular complexity index is 387. The first-order valence-corrected chi connectivity index (χ1v) is 4.61. The average molecular weight is 194 g/mol. The monoisotopic (exact) mass is 194 g/mol. The number of aliphatic carboxylic acids is 1. The van der Waals surface area contributed by atoms with E-state index in [4.69, 9.17) is 5.11 Å². The minimum atomic E-state index is -0.859. The molecule has 1 N–H and O–H groups in total. The Labute approximate surface area is 81.4 Å². The number of fused-ring (bicyclic) bond motifs is 1. The van der Waals surface area contributed by atoms with Gasteiger partial charge in [-0.15, -0.1) is 0 Å². The maximum atomic E-state index is 13.3. The van der Waals surface area contributed by atoms with Crippen molar-refractivity contribution in [1.29, 1.82) is 0 Å². The Morgan fingerprint density at radius 3 is 2.93 bits per heavy atom. The summed E-state index contributed by atoms with van der Waals surface area (Å²) in [5, 5.41) is 9.00. The normalized spacial score (nSPS) is 24.7. The van der Waals surface area contributed by atoms with E-state index >= 15 is 0 Å². The molecule has 2 nitrogen and oxygen atoms in total. The van der Waals surface area contributed by atoms with Gasteiger partial charge in [0.25, 0.3) is 0 Å². The maximum absolute atomic E-state index is 13.3. The van der Waals surface area contributed by atoms with E-state index in [-0.39, 0.29) is 11.7 Å². The van der Waals surface area contributed by atoms with Gasteiger partial charge >= 0.3 is 5.97 Å². The lowest BCUT2D eigenvalue weighted by atomic mass is 9.94. The average Bonchev–Trinajstić information content (AvgIpc) is 2.42. The van der Waals surface area contributed by atoms with Crippen molar-refractivity contribution in [2.24, 2.45) is 5.92 Å². The van der Waals surface area contributed by atoms with Crippen molar-refractivity contribution in [1.82, 2.24) is 0 Å². The third-order valence-electron chi connectivity index (χ3n) is 2.85. The molecule has 1 aliphatic carbocycles. The quantitative estimate of drug-likeness (QED) is 0.744. The highest BCUT2D eigenvalue weighted by Crippen LogP contribution is 2.38. The van der Waals surface area contributed by atoms with Gasteiger partial charge in [0.1, 0.15) is 5.82 Å². The summed E-state index contributed by atoms with van der Waals surface area (Å²) >= 11 is 0. The second-order valence-corrected chi connectivity index (χ2v) is 3.80. The van der Waals surface area contributed by atoms with E-state index in [9.17, 15) is 9.18 Å². The van der Waals surface area contributed by atoms with Gasteiger partial charge in [0, 0.05) is 0 Å². The van der Waals surface area contributed by atoms with Gasteiger partial charge in [-0.3, -0.25) is 4.79 Å². The van der Waals surface area contributed by atoms with Gasteiger partial charge in [-0.05, 0) is 29.5 Å². The van der Waals surface area contributed by atoms with Gasteiger partial charge in [0.15, 0.2) is 0 Å². The summed E-state index contributed by atoms with van der Waals surface area (Å²) in [7, 11) is 0. The molecule has 0 aliphatic heterocycles. The van der Waals surface area contributed by atoms with Crippen LogP contribution in [0.5, 0.6) is 0 Å². The predicted molar refractivity (Wildman–Crippen MR) is 49.6 cm³/mol. The molecule has 0 fully saturated rings. The summed E-state index contributed by atoms with van der Waals surface area (Å²) < 4.78 is 13.3. The van der Waals surface area contributed by atoms with Crippen LogP contribution in [0, 0.1) is 11.7 Å². The van der Waals surface area contributed by atoms with Crippen molar-refractivity contribution in [2.75, 3.05) is 0 Å². The molecule has 1 aliphatic rings. The molecule has 0 amide bonds. The summed E-state index contributed by atoms with van der Waals surface area (Å²) in [5.41, 5.74) is 1.22. The van der Waals surface area contributed by atoms with Crippen LogP contribution in [-0.4, -0.2) is 11.1 Å². The topological polar surface area (TPSA) is 37.3 Å². The fraction of sp³-hybridized carbons (Fsp3) is 0.364. The van der Waals surface area contributed by atoms with Crippen molar-refractivity contribution >= 4 is 5.97 Å². The molecule has 1 aromatic carbocycles. The first-order valence-electron chi connectivity index (χ1n) is 4.61. The highest BCUT2D eigenvalue weighted by atomic mass is 19.1. The zero-order chi connectivity index (χ0) is 10.3. The van der Waals surface area contributed by atoms with Crippen LogP contribution in [0.1, 0.15) is 24.0 Å². The zero-order valence-electron chi connectivity index (χ0n) is 7.83. The van der Waals surface area contributed by atoms with Crippen LogP contribution in [-0.2, 0) is 11.2 Å². The van der Waals surface area contributed by atoms with E-state index in [1.165, 1.54) is 6.07 Å². The SMILES string of the molecule is CC1Cc2c(F)cccc2C1C(=O)O. The first-order chi connectivity index (χ1) is 6.61. The molecule has 1 aromatic rings. The first kappa shape index (κ1) is 9.19. The number of hydrogen-bond donors (Lipinski definition) is 1. The third kappa shape index (κ3) is 1.20. The summed E-state index contributed by atoms with van der Waals surface area (Å²) in [4.78, 5) is 11.0. The number of carbonyl (C=O) groups is 1. The lowest BCUT2D eigenvalue weighted by Crippen LogP contribution is -2.14. The van der Waals surface area contributed by atoms with Crippen LogP contribution in [0.3, 0.4) is 0 Å². The van der Waals surface area contributed by atoms with E-state index in [1.54, 1.807) is 12.1 Å². The smallest absolute Gasteiger partial charge is 0.311 e. The van der Waals surface area contributed by atoms with Crippen LogP contribution < -0.4 is 0 Å². The number of carboxylic acid groups (broad SMARTS) is 1. The van der Waals surface area contributed by atoms with Crippen molar-refractivity contribution < 1.29 is 14.3 Å². The molecule has 2 rings (SSSR count). The molecule has 0 bridgehead atoms. The van der Waals surface area contributed by atoms with Crippen LogP contribution >= 0.6 is 0 Å². The largest absolute Gasteiger partial charge is 0.481 e. The standard InChI is InChI=1S/C11H11FO2/c1-6-5-8-7(10(6)11(13)14)3-2-4-9(8)12/h2-4,6,10H,5H2,1H3,(H,13,14). The van der Waals surface area contributed by atoms with Gasteiger partial charge in [-0.2, -0.15) is 0 Å². The highest BCUT2D eigenvalue weighted by Gasteiger charge is 2.35. The molecule has 2 unspecified atom stereocenters. The molecule has 14 heavy (non-hydrogen) atoms. The number of hydrogen-bond acceptors (Lipinski definition) is 1. The molecule has 0 spiro atoms. The van der Waals surface area contributed by atoms with E-state index in [1.807, 2.05) is 6.92 Å². The highest BCUT2D eigenvalue weighted by molar-refractivity contribution is 5.78.